The van der Waals surface area contributed by atoms with Crippen molar-refractivity contribution in [2.75, 3.05) is 43.5 Å². The van der Waals surface area contributed by atoms with Crippen LogP contribution in [0.5, 0.6) is 0 Å². The van der Waals surface area contributed by atoms with Gasteiger partial charge >= 0.3 is 0 Å². The van der Waals surface area contributed by atoms with Crippen molar-refractivity contribution in [3.8, 4) is 0 Å². The number of benzodiazepines with no additional fused rings is 1. The van der Waals surface area contributed by atoms with Crippen LogP contribution >= 0.6 is 0 Å². The second kappa shape index (κ2) is 6.65. The maximum atomic E-state index is 6.10. The molecule has 2 N–H and O–H groups in total. The first-order valence-electron chi connectivity index (χ1n) is 8.78. The van der Waals surface area contributed by atoms with Gasteiger partial charge in [0.15, 0.2) is 0 Å². The molecule has 0 unspecified atom stereocenters. The molecule has 4 nitrogen and oxygen atoms in total. The minimum Gasteiger partial charge on any atom is -0.399 e. The summed E-state index contributed by atoms with van der Waals surface area (Å²) in [6.45, 7) is 5.14. The van der Waals surface area contributed by atoms with Crippen LogP contribution in [0, 0.1) is 0 Å². The average molecular weight is 320 g/mol. The summed E-state index contributed by atoms with van der Waals surface area (Å²) in [7, 11) is 0. The minimum absolute atomic E-state index is 0.792. The van der Waals surface area contributed by atoms with Gasteiger partial charge in [0.1, 0.15) is 0 Å². The Balaban J connectivity index is 1.72. The van der Waals surface area contributed by atoms with E-state index in [-0.39, 0.29) is 0 Å². The van der Waals surface area contributed by atoms with E-state index in [4.69, 9.17) is 10.7 Å². The summed E-state index contributed by atoms with van der Waals surface area (Å²) in [6, 6.07) is 16.7. The molecule has 0 saturated carbocycles. The lowest BCUT2D eigenvalue weighted by molar-refractivity contribution is 0.336. The number of hydrogen-bond donors (Lipinski definition) is 1. The molecule has 0 atom stereocenters. The molecule has 2 aromatic carbocycles. The molecule has 0 spiro atoms. The van der Waals surface area contributed by atoms with Crippen LogP contribution in [0.3, 0.4) is 0 Å². The van der Waals surface area contributed by atoms with Crippen molar-refractivity contribution in [1.82, 2.24) is 4.90 Å². The van der Waals surface area contributed by atoms with Gasteiger partial charge in [0, 0.05) is 29.0 Å². The second-order valence-corrected chi connectivity index (χ2v) is 6.60. The van der Waals surface area contributed by atoms with E-state index in [0.29, 0.717) is 0 Å². The molecule has 2 aliphatic heterocycles. The average Bonchev–Trinajstić information content (AvgIpc) is 3.05. The number of benzene rings is 2. The van der Waals surface area contributed by atoms with Gasteiger partial charge in [-0.05, 0) is 44.1 Å². The summed E-state index contributed by atoms with van der Waals surface area (Å²) in [5, 5.41) is 0. The Labute approximate surface area is 143 Å². The summed E-state index contributed by atoms with van der Waals surface area (Å²) in [5.41, 5.74) is 11.5. The monoisotopic (exact) mass is 320 g/mol. The van der Waals surface area contributed by atoms with E-state index >= 15 is 0 Å². The Bertz CT molecular complexity index is 733. The van der Waals surface area contributed by atoms with Gasteiger partial charge < -0.3 is 10.6 Å². The third-order valence-corrected chi connectivity index (χ3v) is 4.87. The summed E-state index contributed by atoms with van der Waals surface area (Å²) < 4.78 is 0. The predicted octanol–water partition coefficient (Wildman–Crippen LogP) is 2.98. The van der Waals surface area contributed by atoms with E-state index in [1.165, 1.54) is 31.6 Å². The van der Waals surface area contributed by atoms with Crippen molar-refractivity contribution in [3.63, 3.8) is 0 Å². The number of anilines is 2. The van der Waals surface area contributed by atoms with E-state index in [1.807, 2.05) is 12.1 Å². The van der Waals surface area contributed by atoms with Gasteiger partial charge in [0.05, 0.1) is 18.9 Å². The van der Waals surface area contributed by atoms with Crippen molar-refractivity contribution >= 4 is 17.1 Å². The van der Waals surface area contributed by atoms with Crippen LogP contribution < -0.4 is 10.6 Å². The Morgan fingerprint density at radius 3 is 2.54 bits per heavy atom. The summed E-state index contributed by atoms with van der Waals surface area (Å²) in [6.07, 6.45) is 2.63. The molecule has 4 rings (SSSR count). The molecule has 1 fully saturated rings. The molecule has 1 saturated heterocycles. The van der Waals surface area contributed by atoms with Crippen LogP contribution in [0.15, 0.2) is 53.5 Å². The van der Waals surface area contributed by atoms with Gasteiger partial charge in [-0.2, -0.15) is 0 Å². The van der Waals surface area contributed by atoms with Gasteiger partial charge in [-0.25, -0.2) is 0 Å². The van der Waals surface area contributed by atoms with Crippen molar-refractivity contribution in [2.45, 2.75) is 12.8 Å². The molecule has 0 aromatic heterocycles. The van der Waals surface area contributed by atoms with Crippen LogP contribution in [0.4, 0.5) is 11.4 Å². The molecule has 0 aliphatic carbocycles. The molecule has 0 radical (unpaired) electrons. The van der Waals surface area contributed by atoms with Crippen LogP contribution in [-0.2, 0) is 0 Å². The Hall–Kier alpha value is -2.33. The summed E-state index contributed by atoms with van der Waals surface area (Å²) >= 11 is 0. The van der Waals surface area contributed by atoms with Gasteiger partial charge in [0.25, 0.3) is 0 Å². The fourth-order valence-corrected chi connectivity index (χ4v) is 3.66. The first kappa shape index (κ1) is 15.2. The van der Waals surface area contributed by atoms with Crippen LogP contribution in [0.2, 0.25) is 0 Å². The molecular weight excluding hydrogens is 296 g/mol. The lowest BCUT2D eigenvalue weighted by atomic mass is 9.99. The fraction of sp³-hybridized carbons (Fsp3) is 0.350. The van der Waals surface area contributed by atoms with Gasteiger partial charge in [-0.1, -0.05) is 30.3 Å². The lowest BCUT2D eigenvalue weighted by Crippen LogP contribution is -2.38. The highest BCUT2D eigenvalue weighted by molar-refractivity contribution is 6.16. The third kappa shape index (κ3) is 3.02. The summed E-state index contributed by atoms with van der Waals surface area (Å²) in [5.74, 6) is 0. The molecular formula is C20H24N4. The van der Waals surface area contributed by atoms with Gasteiger partial charge in [0.2, 0.25) is 0 Å². The molecule has 2 heterocycles. The van der Waals surface area contributed by atoms with Crippen LogP contribution in [0.1, 0.15) is 24.0 Å². The van der Waals surface area contributed by atoms with E-state index in [2.05, 4.69) is 46.2 Å². The third-order valence-electron chi connectivity index (χ3n) is 4.87. The highest BCUT2D eigenvalue weighted by Gasteiger charge is 2.22. The zero-order valence-electron chi connectivity index (χ0n) is 14.0. The van der Waals surface area contributed by atoms with Crippen LogP contribution in [0.25, 0.3) is 0 Å². The number of nitrogens with zero attached hydrogens (tertiary/aromatic N) is 3. The number of aliphatic imine (C=N–C) groups is 1. The lowest BCUT2D eigenvalue weighted by Gasteiger charge is -2.29. The van der Waals surface area contributed by atoms with E-state index < -0.39 is 0 Å². The molecule has 2 aliphatic rings. The van der Waals surface area contributed by atoms with Crippen molar-refractivity contribution < 1.29 is 0 Å². The Morgan fingerprint density at radius 2 is 1.75 bits per heavy atom. The molecule has 4 heteroatoms. The highest BCUT2D eigenvalue weighted by Crippen LogP contribution is 2.29. The van der Waals surface area contributed by atoms with Crippen LogP contribution in [-0.4, -0.2) is 43.5 Å². The van der Waals surface area contributed by atoms with E-state index in [9.17, 15) is 0 Å². The molecule has 124 valence electrons. The number of rotatable bonds is 3. The number of likely N-dealkylation sites (tertiary alicyclic amines) is 1. The fourth-order valence-electron chi connectivity index (χ4n) is 3.66. The van der Waals surface area contributed by atoms with E-state index in [0.717, 1.165) is 42.3 Å². The highest BCUT2D eigenvalue weighted by atomic mass is 15.3. The molecule has 0 bridgehead atoms. The Kier molecular flexibility index (Phi) is 4.22. The standard InChI is InChI=1S/C20H24N4/c21-17-8-9-19-18(14-17)20(16-6-2-1-3-7-16)22-10-13-24(19)15-23-11-4-5-12-23/h1-3,6-9,14H,4-5,10-13,15,21H2. The van der Waals surface area contributed by atoms with Gasteiger partial charge in [-0.3, -0.25) is 9.89 Å². The second-order valence-electron chi connectivity index (χ2n) is 6.60. The summed E-state index contributed by atoms with van der Waals surface area (Å²) in [4.78, 5) is 9.89. The van der Waals surface area contributed by atoms with E-state index in [1.54, 1.807) is 0 Å². The molecule has 24 heavy (non-hydrogen) atoms. The zero-order valence-corrected chi connectivity index (χ0v) is 14.0. The molecule has 2 aromatic rings. The normalized spacial score (nSPS) is 18.2. The molecule has 0 amide bonds. The topological polar surface area (TPSA) is 44.9 Å². The quantitative estimate of drug-likeness (QED) is 0.884. The van der Waals surface area contributed by atoms with Crippen molar-refractivity contribution in [2.24, 2.45) is 4.99 Å². The smallest absolute Gasteiger partial charge is 0.0741 e. The predicted molar refractivity (Wildman–Crippen MR) is 101 cm³/mol. The van der Waals surface area contributed by atoms with Crippen molar-refractivity contribution in [3.05, 3.63) is 59.7 Å². The number of nitrogens with two attached hydrogens (primary N) is 1. The number of fused-ring (bicyclic) bond motifs is 1. The number of nitrogen functional groups attached to an aromatic ring is 1. The SMILES string of the molecule is Nc1ccc2c(c1)C(c1ccccc1)=NCCN2CN1CCCC1. The van der Waals surface area contributed by atoms with Gasteiger partial charge in [-0.15, -0.1) is 0 Å². The maximum absolute atomic E-state index is 6.10. The Morgan fingerprint density at radius 1 is 0.958 bits per heavy atom. The number of hydrogen-bond acceptors (Lipinski definition) is 4. The first-order chi connectivity index (χ1) is 11.8. The maximum Gasteiger partial charge on any atom is 0.0741 e. The largest absolute Gasteiger partial charge is 0.399 e. The van der Waals surface area contributed by atoms with Crippen molar-refractivity contribution in [1.29, 1.82) is 0 Å². The minimum atomic E-state index is 0.792. The first-order valence-corrected chi connectivity index (χ1v) is 8.78. The zero-order chi connectivity index (χ0) is 16.4.